The third-order valence-corrected chi connectivity index (χ3v) is 4.09. The smallest absolute Gasteiger partial charge is 0.151 e. The number of nitrogens with zero attached hydrogens (tertiary/aromatic N) is 6. The van der Waals surface area contributed by atoms with E-state index in [1.54, 1.807) is 6.08 Å². The van der Waals surface area contributed by atoms with Crippen molar-refractivity contribution in [3.8, 4) is 6.07 Å². The van der Waals surface area contributed by atoms with Crippen molar-refractivity contribution < 1.29 is 0 Å². The van der Waals surface area contributed by atoms with Crippen molar-refractivity contribution in [2.45, 2.75) is 46.1 Å². The lowest BCUT2D eigenvalue weighted by molar-refractivity contribution is 0.529. The Labute approximate surface area is 162 Å². The molecule has 0 saturated carbocycles. The molecule has 0 saturated heterocycles. The van der Waals surface area contributed by atoms with Crippen LogP contribution in [0.25, 0.3) is 0 Å². The van der Waals surface area contributed by atoms with Crippen molar-refractivity contribution in [3.05, 3.63) is 65.7 Å². The topological polar surface area (TPSA) is 70.6 Å². The molecule has 1 heterocycles. The average Bonchev–Trinajstić information content (AvgIpc) is 3.09. The molecule has 144 valence electrons. The maximum absolute atomic E-state index is 9.48. The lowest BCUT2D eigenvalue weighted by atomic mass is 10.0. The van der Waals surface area contributed by atoms with E-state index in [0.717, 1.165) is 42.1 Å². The van der Waals surface area contributed by atoms with Gasteiger partial charge < -0.3 is 4.90 Å². The number of hydrogen-bond acceptors (Lipinski definition) is 5. The van der Waals surface area contributed by atoms with E-state index in [0.29, 0.717) is 18.4 Å². The summed E-state index contributed by atoms with van der Waals surface area (Å²) in [5.41, 5.74) is 3.11. The van der Waals surface area contributed by atoms with Crippen molar-refractivity contribution in [2.75, 3.05) is 14.1 Å². The molecule has 1 aromatic heterocycles. The van der Waals surface area contributed by atoms with E-state index in [-0.39, 0.29) is 0 Å². The molecular weight excluding hydrogens is 336 g/mol. The highest BCUT2D eigenvalue weighted by molar-refractivity contribution is 5.47. The van der Waals surface area contributed by atoms with Crippen LogP contribution in [0.2, 0.25) is 0 Å². The van der Waals surface area contributed by atoms with Crippen LogP contribution in [0, 0.1) is 11.3 Å². The molecule has 0 atom stereocenters. The molecule has 1 rings (SSSR count). The molecule has 0 N–H and O–H groups in total. The minimum Gasteiger partial charge on any atom is -0.378 e. The van der Waals surface area contributed by atoms with Crippen LogP contribution in [0.5, 0.6) is 0 Å². The predicted octanol–water partition coefficient (Wildman–Crippen LogP) is 3.99. The Bertz CT molecular complexity index is 771. The van der Waals surface area contributed by atoms with Crippen LogP contribution < -0.4 is 0 Å². The second-order valence-corrected chi connectivity index (χ2v) is 6.46. The molecule has 0 aliphatic carbocycles. The van der Waals surface area contributed by atoms with Gasteiger partial charge in [-0.15, -0.1) is 5.10 Å². The van der Waals surface area contributed by atoms with Gasteiger partial charge in [0.1, 0.15) is 0 Å². The van der Waals surface area contributed by atoms with Crippen LogP contribution in [-0.4, -0.2) is 39.2 Å². The quantitative estimate of drug-likeness (QED) is 0.437. The maximum atomic E-state index is 9.48. The fourth-order valence-electron chi connectivity index (χ4n) is 2.42. The number of unbranched alkanes of at least 4 members (excludes halogenated alkanes) is 1. The minimum absolute atomic E-state index is 0.532. The van der Waals surface area contributed by atoms with Crippen molar-refractivity contribution in [1.29, 1.82) is 5.26 Å². The van der Waals surface area contributed by atoms with Crippen molar-refractivity contribution in [1.82, 2.24) is 25.1 Å². The van der Waals surface area contributed by atoms with Gasteiger partial charge in [-0.2, -0.15) is 5.26 Å². The first kappa shape index (κ1) is 22.1. The fraction of sp³-hybridized carbons (Fsp3) is 0.429. The lowest BCUT2D eigenvalue weighted by Gasteiger charge is -2.12. The second-order valence-electron chi connectivity index (χ2n) is 6.46. The highest BCUT2D eigenvalue weighted by atomic mass is 15.5. The Morgan fingerprint density at radius 1 is 1.30 bits per heavy atom. The molecule has 0 fully saturated rings. The number of tetrazole rings is 1. The van der Waals surface area contributed by atoms with Crippen molar-refractivity contribution in [2.24, 2.45) is 0 Å². The number of rotatable bonds is 11. The summed E-state index contributed by atoms with van der Waals surface area (Å²) in [6.07, 6.45) is 11.0. The van der Waals surface area contributed by atoms with Gasteiger partial charge >= 0.3 is 0 Å². The largest absolute Gasteiger partial charge is 0.378 e. The number of allylic oxidation sites excluding steroid dienone is 7. The summed E-state index contributed by atoms with van der Waals surface area (Å²) in [7, 11) is 3.96. The first-order valence-electron chi connectivity index (χ1n) is 9.18. The van der Waals surface area contributed by atoms with Crippen LogP contribution in [0.1, 0.15) is 38.9 Å². The summed E-state index contributed by atoms with van der Waals surface area (Å²) in [6, 6.07) is 2.22. The fourth-order valence-corrected chi connectivity index (χ4v) is 2.42. The molecule has 0 aliphatic rings. The Morgan fingerprint density at radius 2 is 2.04 bits per heavy atom. The summed E-state index contributed by atoms with van der Waals surface area (Å²) in [6.45, 7) is 13.0. The molecular formula is C21H30N6. The van der Waals surface area contributed by atoms with E-state index in [1.807, 2.05) is 48.8 Å². The predicted molar refractivity (Wildman–Crippen MR) is 110 cm³/mol. The van der Waals surface area contributed by atoms with E-state index in [1.165, 1.54) is 0 Å². The molecule has 0 spiro atoms. The normalized spacial score (nSPS) is 12.3. The number of nitriles is 1. The van der Waals surface area contributed by atoms with Crippen LogP contribution in [0.3, 0.4) is 0 Å². The zero-order chi connectivity index (χ0) is 20.2. The third-order valence-electron chi connectivity index (χ3n) is 4.09. The highest BCUT2D eigenvalue weighted by Gasteiger charge is 2.09. The van der Waals surface area contributed by atoms with Gasteiger partial charge in [0.2, 0.25) is 0 Å². The van der Waals surface area contributed by atoms with E-state index in [9.17, 15) is 5.26 Å². The molecule has 0 aliphatic heterocycles. The monoisotopic (exact) mass is 366 g/mol. The zero-order valence-corrected chi connectivity index (χ0v) is 16.9. The Balaban J connectivity index is 2.73. The van der Waals surface area contributed by atoms with Crippen molar-refractivity contribution in [3.63, 3.8) is 0 Å². The van der Waals surface area contributed by atoms with Gasteiger partial charge in [0.15, 0.2) is 5.82 Å². The summed E-state index contributed by atoms with van der Waals surface area (Å²) >= 11 is 0. The molecule has 0 aromatic carbocycles. The number of likely N-dealkylation sites (N-methyl/N-ethyl adjacent to an activating group) is 1. The van der Waals surface area contributed by atoms with Crippen LogP contribution in [-0.2, 0) is 13.0 Å². The summed E-state index contributed by atoms with van der Waals surface area (Å²) < 4.78 is 1.83. The first-order chi connectivity index (χ1) is 12.9. The Kier molecular flexibility index (Phi) is 9.52. The van der Waals surface area contributed by atoms with Gasteiger partial charge in [-0.1, -0.05) is 38.7 Å². The molecule has 0 bridgehead atoms. The molecule has 0 unspecified atom stereocenters. The van der Waals surface area contributed by atoms with Crippen LogP contribution in [0.4, 0.5) is 0 Å². The van der Waals surface area contributed by atoms with Gasteiger partial charge in [-0.05, 0) is 53.5 Å². The van der Waals surface area contributed by atoms with Crippen LogP contribution >= 0.6 is 0 Å². The Hall–Kier alpha value is -2.94. The van der Waals surface area contributed by atoms with Gasteiger partial charge in [0, 0.05) is 32.8 Å². The molecule has 0 radical (unpaired) electrons. The second kappa shape index (κ2) is 11.6. The SMILES string of the molecule is C=C(/C=C\C(=C/C)N(C)C)/C=C(\C#N)C(=C)CCc1nnnn1CCCC. The highest BCUT2D eigenvalue weighted by Crippen LogP contribution is 2.17. The van der Waals surface area contributed by atoms with Crippen molar-refractivity contribution >= 4 is 0 Å². The molecule has 6 nitrogen and oxygen atoms in total. The minimum atomic E-state index is 0.532. The molecule has 1 aromatic rings. The molecule has 27 heavy (non-hydrogen) atoms. The average molecular weight is 367 g/mol. The van der Waals surface area contributed by atoms with E-state index in [2.05, 4.69) is 41.7 Å². The van der Waals surface area contributed by atoms with Gasteiger partial charge in [-0.3, -0.25) is 0 Å². The van der Waals surface area contributed by atoms with E-state index < -0.39 is 0 Å². The third kappa shape index (κ3) is 7.45. The summed E-state index contributed by atoms with van der Waals surface area (Å²) in [5, 5.41) is 21.3. The lowest BCUT2D eigenvalue weighted by Crippen LogP contribution is -2.08. The molecule has 0 amide bonds. The first-order valence-corrected chi connectivity index (χ1v) is 9.18. The summed E-state index contributed by atoms with van der Waals surface area (Å²) in [5.74, 6) is 0.823. The Morgan fingerprint density at radius 3 is 2.63 bits per heavy atom. The molecule has 6 heteroatoms. The zero-order valence-electron chi connectivity index (χ0n) is 16.9. The summed E-state index contributed by atoms with van der Waals surface area (Å²) in [4.78, 5) is 2.01. The standard InChI is InChI=1S/C21H30N6/c1-7-9-14-27-21(23-24-25-27)13-11-18(4)19(16-22)15-17(3)10-12-20(8-2)26(5)6/h8,10,12,15H,3-4,7,9,11,13-14H2,1-2,5-6H3/b12-10-,19-15+,20-8+. The van der Waals surface area contributed by atoms with Crippen LogP contribution in [0.15, 0.2) is 59.9 Å². The number of hydrogen-bond donors (Lipinski definition) is 0. The maximum Gasteiger partial charge on any atom is 0.151 e. The van der Waals surface area contributed by atoms with Gasteiger partial charge in [0.05, 0.1) is 11.6 Å². The van der Waals surface area contributed by atoms with E-state index in [4.69, 9.17) is 0 Å². The number of aromatic nitrogens is 4. The van der Waals surface area contributed by atoms with Gasteiger partial charge in [-0.25, -0.2) is 4.68 Å². The van der Waals surface area contributed by atoms with Gasteiger partial charge in [0.25, 0.3) is 0 Å². The number of aryl methyl sites for hydroxylation is 2. The van der Waals surface area contributed by atoms with E-state index >= 15 is 0 Å².